The molecular formula is C18H23FN2O3. The molecule has 3 rings (SSSR count). The Bertz CT molecular complexity index is 622. The van der Waals surface area contributed by atoms with Crippen LogP contribution in [0.25, 0.3) is 0 Å². The highest BCUT2D eigenvalue weighted by molar-refractivity contribution is 5.78. The standard InChI is InChI=1S/C18H23FN2O3/c1-24-17(23)7-3-6-16(22)21-11-13-9-20-10-15(13)18(21)12-4-2-5-14(19)8-12/h2,4-5,8,13,15,18,20H,3,6-7,9-11H2,1H3/t13-,15-,18-/m0/s1. The van der Waals surface area contributed by atoms with Gasteiger partial charge in [0, 0.05) is 38.4 Å². The van der Waals surface area contributed by atoms with Crippen molar-refractivity contribution in [2.24, 2.45) is 11.8 Å². The van der Waals surface area contributed by atoms with Crippen LogP contribution < -0.4 is 5.32 Å². The van der Waals surface area contributed by atoms with E-state index in [0.717, 1.165) is 18.7 Å². The zero-order valence-corrected chi connectivity index (χ0v) is 13.8. The maximum atomic E-state index is 13.7. The van der Waals surface area contributed by atoms with Crippen LogP contribution in [-0.2, 0) is 14.3 Å². The number of ether oxygens (including phenoxy) is 1. The van der Waals surface area contributed by atoms with Gasteiger partial charge in [0.05, 0.1) is 13.2 Å². The fourth-order valence-corrected chi connectivity index (χ4v) is 3.92. The van der Waals surface area contributed by atoms with Gasteiger partial charge in [-0.25, -0.2) is 4.39 Å². The summed E-state index contributed by atoms with van der Waals surface area (Å²) in [5.41, 5.74) is 0.854. The van der Waals surface area contributed by atoms with Crippen molar-refractivity contribution in [3.8, 4) is 0 Å². The van der Waals surface area contributed by atoms with E-state index in [2.05, 4.69) is 10.1 Å². The molecule has 2 saturated heterocycles. The lowest BCUT2D eigenvalue weighted by Crippen LogP contribution is -2.34. The van der Waals surface area contributed by atoms with Crippen molar-refractivity contribution in [3.63, 3.8) is 0 Å². The fourth-order valence-electron chi connectivity index (χ4n) is 3.92. The number of halogens is 1. The highest BCUT2D eigenvalue weighted by atomic mass is 19.1. The second-order valence-corrected chi connectivity index (χ2v) is 6.56. The predicted octanol–water partition coefficient (Wildman–Crippen LogP) is 1.89. The summed E-state index contributed by atoms with van der Waals surface area (Å²) in [5.74, 6) is 0.175. The van der Waals surface area contributed by atoms with Crippen LogP contribution >= 0.6 is 0 Å². The lowest BCUT2D eigenvalue weighted by molar-refractivity contribution is -0.141. The number of likely N-dealkylation sites (tertiary alicyclic amines) is 1. The van der Waals surface area contributed by atoms with Crippen LogP contribution in [0.15, 0.2) is 24.3 Å². The van der Waals surface area contributed by atoms with E-state index in [4.69, 9.17) is 0 Å². The van der Waals surface area contributed by atoms with Crippen LogP contribution in [0.4, 0.5) is 4.39 Å². The van der Waals surface area contributed by atoms with E-state index in [1.54, 1.807) is 6.07 Å². The van der Waals surface area contributed by atoms with E-state index in [0.29, 0.717) is 31.2 Å². The highest BCUT2D eigenvalue weighted by Gasteiger charge is 2.46. The molecule has 0 unspecified atom stereocenters. The first kappa shape index (κ1) is 16.9. The van der Waals surface area contributed by atoms with Crippen molar-refractivity contribution in [1.29, 1.82) is 0 Å². The molecule has 0 saturated carbocycles. The molecule has 5 nitrogen and oxygen atoms in total. The largest absolute Gasteiger partial charge is 0.469 e. The molecule has 1 amide bonds. The minimum Gasteiger partial charge on any atom is -0.469 e. The first-order chi connectivity index (χ1) is 11.6. The molecule has 0 radical (unpaired) electrons. The third-order valence-corrected chi connectivity index (χ3v) is 5.07. The van der Waals surface area contributed by atoms with E-state index >= 15 is 0 Å². The van der Waals surface area contributed by atoms with Crippen LogP contribution in [0, 0.1) is 17.7 Å². The molecule has 0 aliphatic carbocycles. The summed E-state index contributed by atoms with van der Waals surface area (Å²) in [5, 5.41) is 3.37. The first-order valence-electron chi connectivity index (χ1n) is 8.42. The second kappa shape index (κ2) is 7.30. The van der Waals surface area contributed by atoms with Gasteiger partial charge in [0.2, 0.25) is 5.91 Å². The van der Waals surface area contributed by atoms with Crippen molar-refractivity contribution in [2.75, 3.05) is 26.7 Å². The second-order valence-electron chi connectivity index (χ2n) is 6.56. The lowest BCUT2D eigenvalue weighted by atomic mass is 9.89. The smallest absolute Gasteiger partial charge is 0.305 e. The number of rotatable bonds is 5. The molecule has 1 N–H and O–H groups in total. The summed E-state index contributed by atoms with van der Waals surface area (Å²) < 4.78 is 18.3. The van der Waals surface area contributed by atoms with Crippen LogP contribution in [0.2, 0.25) is 0 Å². The van der Waals surface area contributed by atoms with Gasteiger partial charge in [-0.05, 0) is 30.0 Å². The van der Waals surface area contributed by atoms with Gasteiger partial charge in [-0.1, -0.05) is 12.1 Å². The molecule has 0 spiro atoms. The average molecular weight is 334 g/mol. The van der Waals surface area contributed by atoms with Gasteiger partial charge in [0.1, 0.15) is 5.82 Å². The van der Waals surface area contributed by atoms with Gasteiger partial charge < -0.3 is 15.0 Å². The number of esters is 1. The van der Waals surface area contributed by atoms with E-state index in [1.165, 1.54) is 19.2 Å². The number of nitrogens with one attached hydrogen (secondary N) is 1. The summed E-state index contributed by atoms with van der Waals surface area (Å²) >= 11 is 0. The lowest BCUT2D eigenvalue weighted by Gasteiger charge is -2.28. The molecule has 2 fully saturated rings. The number of methoxy groups -OCH3 is 1. The third kappa shape index (κ3) is 3.43. The van der Waals surface area contributed by atoms with E-state index in [-0.39, 0.29) is 30.2 Å². The Kier molecular flexibility index (Phi) is 5.14. The van der Waals surface area contributed by atoms with Gasteiger partial charge >= 0.3 is 5.97 Å². The van der Waals surface area contributed by atoms with Crippen molar-refractivity contribution in [1.82, 2.24) is 10.2 Å². The molecule has 2 aliphatic heterocycles. The minimum atomic E-state index is -0.299. The highest BCUT2D eigenvalue weighted by Crippen LogP contribution is 2.43. The number of hydrogen-bond donors (Lipinski definition) is 1. The van der Waals surface area contributed by atoms with Gasteiger partial charge in [-0.2, -0.15) is 0 Å². The van der Waals surface area contributed by atoms with Crippen molar-refractivity contribution < 1.29 is 18.7 Å². The number of carbonyl (C=O) groups is 2. The van der Waals surface area contributed by atoms with Crippen LogP contribution in [0.1, 0.15) is 30.9 Å². The predicted molar refractivity (Wildman–Crippen MR) is 86.6 cm³/mol. The van der Waals surface area contributed by atoms with Crippen LogP contribution in [0.5, 0.6) is 0 Å². The normalized spacial score (nSPS) is 25.6. The number of nitrogens with zero attached hydrogens (tertiary/aromatic N) is 1. The van der Waals surface area contributed by atoms with E-state index in [9.17, 15) is 14.0 Å². The zero-order chi connectivity index (χ0) is 17.1. The molecule has 1 aromatic carbocycles. The SMILES string of the molecule is COC(=O)CCCC(=O)N1C[C@@H]2CNC[C@@H]2[C@@H]1c1cccc(F)c1. The van der Waals surface area contributed by atoms with Crippen molar-refractivity contribution in [2.45, 2.75) is 25.3 Å². The number of fused-ring (bicyclic) bond motifs is 1. The average Bonchev–Trinajstić information content (AvgIpc) is 3.15. The van der Waals surface area contributed by atoms with E-state index in [1.807, 2.05) is 11.0 Å². The molecule has 6 heteroatoms. The summed E-state index contributed by atoms with van der Waals surface area (Å²) in [7, 11) is 1.35. The van der Waals surface area contributed by atoms with Gasteiger partial charge in [-0.3, -0.25) is 9.59 Å². The van der Waals surface area contributed by atoms with Crippen LogP contribution in [0.3, 0.4) is 0 Å². The molecular weight excluding hydrogens is 311 g/mol. The Labute approximate surface area is 141 Å². The van der Waals surface area contributed by atoms with E-state index < -0.39 is 0 Å². The Morgan fingerprint density at radius 1 is 1.33 bits per heavy atom. The zero-order valence-electron chi connectivity index (χ0n) is 13.8. The number of hydrogen-bond acceptors (Lipinski definition) is 4. The number of amides is 1. The molecule has 2 heterocycles. The maximum absolute atomic E-state index is 13.7. The Balaban J connectivity index is 1.73. The molecule has 2 aliphatic rings. The molecule has 24 heavy (non-hydrogen) atoms. The van der Waals surface area contributed by atoms with Crippen molar-refractivity contribution >= 4 is 11.9 Å². The summed E-state index contributed by atoms with van der Waals surface area (Å²) in [6, 6.07) is 6.45. The minimum absolute atomic E-state index is 0.0302. The Hall–Kier alpha value is -1.95. The number of carbonyl (C=O) groups excluding carboxylic acids is 2. The van der Waals surface area contributed by atoms with Crippen LogP contribution in [-0.4, -0.2) is 43.5 Å². The topological polar surface area (TPSA) is 58.6 Å². The maximum Gasteiger partial charge on any atom is 0.305 e. The molecule has 3 atom stereocenters. The quantitative estimate of drug-likeness (QED) is 0.836. The van der Waals surface area contributed by atoms with Gasteiger partial charge in [0.15, 0.2) is 0 Å². The molecule has 0 bridgehead atoms. The third-order valence-electron chi connectivity index (χ3n) is 5.07. The summed E-state index contributed by atoms with van der Waals surface area (Å²) in [6.45, 7) is 2.43. The summed E-state index contributed by atoms with van der Waals surface area (Å²) in [6.07, 6.45) is 1.04. The van der Waals surface area contributed by atoms with Crippen molar-refractivity contribution in [3.05, 3.63) is 35.6 Å². The molecule has 0 aromatic heterocycles. The fraction of sp³-hybridized carbons (Fsp3) is 0.556. The molecule has 130 valence electrons. The first-order valence-corrected chi connectivity index (χ1v) is 8.42. The van der Waals surface area contributed by atoms with Gasteiger partial charge in [-0.15, -0.1) is 0 Å². The Morgan fingerprint density at radius 2 is 2.17 bits per heavy atom. The Morgan fingerprint density at radius 3 is 2.92 bits per heavy atom. The molecule has 1 aromatic rings. The summed E-state index contributed by atoms with van der Waals surface area (Å²) in [4.78, 5) is 25.8. The number of benzene rings is 1. The monoisotopic (exact) mass is 334 g/mol. The van der Waals surface area contributed by atoms with Gasteiger partial charge in [0.25, 0.3) is 0 Å².